The van der Waals surface area contributed by atoms with Gasteiger partial charge >= 0.3 is 0 Å². The number of hydrogen-bond acceptors (Lipinski definition) is 1. The molecule has 158 valence electrons. The molecule has 6 aromatic rings. The van der Waals surface area contributed by atoms with Gasteiger partial charge in [0.25, 0.3) is 0 Å². The van der Waals surface area contributed by atoms with Gasteiger partial charge in [-0.05, 0) is 36.4 Å². The average molecular weight is 426 g/mol. The second-order valence-corrected chi connectivity index (χ2v) is 8.18. The molecule has 0 aliphatic rings. The van der Waals surface area contributed by atoms with Gasteiger partial charge in [-0.25, -0.2) is 0 Å². The van der Waals surface area contributed by atoms with Crippen LogP contribution in [0.25, 0.3) is 55.1 Å². The van der Waals surface area contributed by atoms with Gasteiger partial charge in [-0.2, -0.15) is 0 Å². The fraction of sp³-hybridized carbons (Fsp3) is 0. The van der Waals surface area contributed by atoms with Gasteiger partial charge in [0.1, 0.15) is 5.82 Å². The van der Waals surface area contributed by atoms with Crippen LogP contribution in [-0.4, -0.2) is 9.13 Å². The predicted molar refractivity (Wildman–Crippen MR) is 142 cm³/mol. The lowest BCUT2D eigenvalue weighted by Crippen LogP contribution is -2.05. The Bertz CT molecular complexity index is 1630. The van der Waals surface area contributed by atoms with Crippen molar-refractivity contribution in [2.75, 3.05) is 0 Å². The fourth-order valence-electron chi connectivity index (χ4n) is 4.84. The molecule has 2 aromatic heterocycles. The first-order valence-electron chi connectivity index (χ1n) is 11.0. The highest BCUT2D eigenvalue weighted by Gasteiger charge is 2.12. The molecule has 0 unspecified atom stereocenters. The van der Waals surface area contributed by atoms with E-state index >= 15 is 0 Å². The van der Waals surface area contributed by atoms with Gasteiger partial charge in [0.2, 0.25) is 0 Å². The molecule has 0 radical (unpaired) electrons. The molecule has 3 heteroatoms. The minimum Gasteiger partial charge on any atom is -0.385 e. The van der Waals surface area contributed by atoms with Crippen LogP contribution >= 0.6 is 0 Å². The van der Waals surface area contributed by atoms with Crippen molar-refractivity contribution in [3.63, 3.8) is 0 Å². The highest BCUT2D eigenvalue weighted by atomic mass is 15.1. The molecule has 3 nitrogen and oxygen atoms in total. The van der Waals surface area contributed by atoms with Gasteiger partial charge in [0, 0.05) is 27.2 Å². The van der Waals surface area contributed by atoms with E-state index in [2.05, 4.69) is 101 Å². The van der Waals surface area contributed by atoms with Crippen molar-refractivity contribution in [2.24, 2.45) is 5.73 Å². The van der Waals surface area contributed by atoms with E-state index in [1.807, 2.05) is 30.4 Å². The Kier molecular flexibility index (Phi) is 4.41. The largest absolute Gasteiger partial charge is 0.385 e. The van der Waals surface area contributed by atoms with Crippen LogP contribution in [-0.2, 0) is 0 Å². The summed E-state index contributed by atoms with van der Waals surface area (Å²) in [5.41, 5.74) is 12.0. The maximum atomic E-state index is 6.59. The summed E-state index contributed by atoms with van der Waals surface area (Å²) in [6.07, 6.45) is 5.93. The first-order valence-corrected chi connectivity index (χ1v) is 11.0. The zero-order valence-corrected chi connectivity index (χ0v) is 18.1. The maximum absolute atomic E-state index is 6.59. The summed E-state index contributed by atoms with van der Waals surface area (Å²) >= 11 is 0. The van der Waals surface area contributed by atoms with Crippen molar-refractivity contribution in [3.05, 3.63) is 122 Å². The number of fused-ring (bicyclic) bond motifs is 6. The van der Waals surface area contributed by atoms with Crippen molar-refractivity contribution >= 4 is 55.1 Å². The molecule has 6 rings (SSSR count). The number of allylic oxidation sites excluding steroid dienone is 4. The number of benzene rings is 4. The van der Waals surface area contributed by atoms with Crippen molar-refractivity contribution < 1.29 is 0 Å². The number of aromatic nitrogens is 2. The lowest BCUT2D eigenvalue weighted by atomic mass is 10.2. The quantitative estimate of drug-likeness (QED) is 0.294. The van der Waals surface area contributed by atoms with E-state index in [1.54, 1.807) is 0 Å². The topological polar surface area (TPSA) is 35.9 Å². The van der Waals surface area contributed by atoms with Gasteiger partial charge in [0.15, 0.2) is 0 Å². The molecule has 0 atom stereocenters. The molecule has 0 amide bonds. The molecular weight excluding hydrogens is 402 g/mol. The third kappa shape index (κ3) is 2.98. The lowest BCUT2D eigenvalue weighted by molar-refractivity contribution is 1.18. The monoisotopic (exact) mass is 425 g/mol. The highest BCUT2D eigenvalue weighted by Crippen LogP contribution is 2.32. The highest BCUT2D eigenvalue weighted by molar-refractivity contribution is 6.11. The molecule has 4 aromatic carbocycles. The second kappa shape index (κ2) is 7.57. The summed E-state index contributed by atoms with van der Waals surface area (Å²) in [4.78, 5) is 0. The number of hydrogen-bond donors (Lipinski definition) is 1. The maximum Gasteiger partial charge on any atom is 0.108 e. The Hall–Kier alpha value is -4.50. The van der Waals surface area contributed by atoms with E-state index in [1.165, 1.54) is 21.5 Å². The smallest absolute Gasteiger partial charge is 0.108 e. The second-order valence-electron chi connectivity index (χ2n) is 8.18. The van der Waals surface area contributed by atoms with Crippen LogP contribution in [0.1, 0.15) is 0 Å². The summed E-state index contributed by atoms with van der Waals surface area (Å²) in [7, 11) is 0. The minimum absolute atomic E-state index is 0.665. The summed E-state index contributed by atoms with van der Waals surface area (Å²) in [5, 5.41) is 4.84. The summed E-state index contributed by atoms with van der Waals surface area (Å²) < 4.78 is 4.31. The Morgan fingerprint density at radius 1 is 0.576 bits per heavy atom. The third-order valence-electron chi connectivity index (χ3n) is 6.26. The molecule has 0 spiro atoms. The number of nitrogens with zero attached hydrogens (tertiary/aromatic N) is 2. The average Bonchev–Trinajstić information content (AvgIpc) is 3.37. The van der Waals surface area contributed by atoms with Crippen molar-refractivity contribution in [1.29, 1.82) is 0 Å². The summed E-state index contributed by atoms with van der Waals surface area (Å²) in [5.74, 6) is 0.665. The van der Waals surface area contributed by atoms with Crippen LogP contribution in [0.15, 0.2) is 122 Å². The molecule has 0 fully saturated rings. The molecule has 0 aliphatic heterocycles. The van der Waals surface area contributed by atoms with Crippen LogP contribution in [0.2, 0.25) is 0 Å². The molecule has 0 bridgehead atoms. The SMILES string of the molecule is C=C(/C=C\C=C(/N)n1c2ccccc2c2ccccc21)n1c2ccccc2c2ccccc21. The Morgan fingerprint density at radius 2 is 0.939 bits per heavy atom. The summed E-state index contributed by atoms with van der Waals surface area (Å²) in [6.45, 7) is 4.36. The van der Waals surface area contributed by atoms with E-state index < -0.39 is 0 Å². The van der Waals surface area contributed by atoms with E-state index in [9.17, 15) is 0 Å². The third-order valence-corrected chi connectivity index (χ3v) is 6.26. The van der Waals surface area contributed by atoms with E-state index in [0.717, 1.165) is 27.8 Å². The molecular formula is C30H23N3. The fourth-order valence-corrected chi connectivity index (χ4v) is 4.84. The van der Waals surface area contributed by atoms with Crippen LogP contribution in [0.4, 0.5) is 0 Å². The molecule has 2 N–H and O–H groups in total. The van der Waals surface area contributed by atoms with Crippen molar-refractivity contribution in [2.45, 2.75) is 0 Å². The zero-order valence-electron chi connectivity index (χ0n) is 18.1. The number of para-hydroxylation sites is 4. The standard InChI is InChI=1S/C30H23N3/c1-21(32-26-16-6-2-12-22(26)23-13-3-7-17-27(23)32)11-10-20-30(31)33-28-18-8-4-14-24(28)25-15-5-9-19-29(25)33/h2-20H,1,31H2/b11-10-,30-20+. The normalized spacial score (nSPS) is 12.5. The van der Waals surface area contributed by atoms with E-state index in [-0.39, 0.29) is 0 Å². The van der Waals surface area contributed by atoms with Gasteiger partial charge in [0.05, 0.1) is 22.1 Å². The first kappa shape index (κ1) is 19.2. The van der Waals surface area contributed by atoms with Gasteiger partial charge < -0.3 is 10.3 Å². The van der Waals surface area contributed by atoms with Crippen LogP contribution in [0, 0.1) is 0 Å². The molecule has 0 saturated heterocycles. The van der Waals surface area contributed by atoms with Crippen LogP contribution in [0.3, 0.4) is 0 Å². The number of rotatable bonds is 4. The van der Waals surface area contributed by atoms with Crippen LogP contribution in [0.5, 0.6) is 0 Å². The zero-order chi connectivity index (χ0) is 22.4. The van der Waals surface area contributed by atoms with Gasteiger partial charge in [-0.3, -0.25) is 4.57 Å². The van der Waals surface area contributed by atoms with E-state index in [4.69, 9.17) is 5.73 Å². The number of nitrogens with two attached hydrogens (primary N) is 1. The Balaban J connectivity index is 1.43. The van der Waals surface area contributed by atoms with E-state index in [0.29, 0.717) is 5.82 Å². The molecule has 2 heterocycles. The lowest BCUT2D eigenvalue weighted by Gasteiger charge is -2.08. The Labute approximate surface area is 192 Å². The minimum atomic E-state index is 0.665. The van der Waals surface area contributed by atoms with Gasteiger partial charge in [-0.1, -0.05) is 85.5 Å². The first-order chi connectivity index (χ1) is 16.2. The van der Waals surface area contributed by atoms with Gasteiger partial charge in [-0.15, -0.1) is 0 Å². The Morgan fingerprint density at radius 3 is 1.36 bits per heavy atom. The molecule has 33 heavy (non-hydrogen) atoms. The predicted octanol–water partition coefficient (Wildman–Crippen LogP) is 7.39. The summed E-state index contributed by atoms with van der Waals surface area (Å²) in [6, 6.07) is 33.6. The molecule has 0 saturated carbocycles. The molecule has 0 aliphatic carbocycles. The van der Waals surface area contributed by atoms with Crippen LogP contribution < -0.4 is 5.73 Å². The van der Waals surface area contributed by atoms with Crippen molar-refractivity contribution in [3.8, 4) is 0 Å². The van der Waals surface area contributed by atoms with Crippen molar-refractivity contribution in [1.82, 2.24) is 9.13 Å².